The molecule has 4 nitrogen and oxygen atoms in total. The molecule has 1 atom stereocenters. The molecule has 1 aromatic carbocycles. The first-order valence-corrected chi connectivity index (χ1v) is 6.92. The van der Waals surface area contributed by atoms with Crippen LogP contribution in [-0.4, -0.2) is 18.9 Å². The van der Waals surface area contributed by atoms with Crippen LogP contribution in [0.4, 0.5) is 5.69 Å². The van der Waals surface area contributed by atoms with Gasteiger partial charge in [-0.15, -0.1) is 0 Å². The largest absolute Gasteiger partial charge is 0.316 e. The van der Waals surface area contributed by atoms with Crippen molar-refractivity contribution in [1.82, 2.24) is 10.7 Å². The van der Waals surface area contributed by atoms with Gasteiger partial charge in [-0.3, -0.25) is 5.43 Å². The lowest BCUT2D eigenvalue weighted by Gasteiger charge is -2.20. The van der Waals surface area contributed by atoms with E-state index in [4.69, 9.17) is 0 Å². The number of aryl methyl sites for hydroxylation is 1. The summed E-state index contributed by atoms with van der Waals surface area (Å²) >= 11 is 0. The number of aliphatic imine (C=N–C) groups is 1. The summed E-state index contributed by atoms with van der Waals surface area (Å²) in [7, 11) is 0. The van der Waals surface area contributed by atoms with Crippen molar-refractivity contribution in [2.45, 2.75) is 19.8 Å². The molecule has 2 aliphatic heterocycles. The average Bonchev–Trinajstić information content (AvgIpc) is 3.08. The van der Waals surface area contributed by atoms with Gasteiger partial charge in [0.25, 0.3) is 0 Å². The third-order valence-electron chi connectivity index (χ3n) is 3.78. The minimum absolute atomic E-state index is 0.483. The van der Waals surface area contributed by atoms with E-state index in [-0.39, 0.29) is 0 Å². The molecule has 0 saturated carbocycles. The van der Waals surface area contributed by atoms with E-state index in [2.05, 4.69) is 53.5 Å². The molecule has 0 spiro atoms. The maximum absolute atomic E-state index is 4.57. The molecule has 3 rings (SSSR count). The number of hydrogen-bond donors (Lipinski definition) is 2. The zero-order valence-electron chi connectivity index (χ0n) is 11.3. The Morgan fingerprint density at radius 3 is 2.79 bits per heavy atom. The summed E-state index contributed by atoms with van der Waals surface area (Å²) in [5, 5.41) is 5.33. The standard InChI is InChI=1S/C15H20N4/c1-3-12-4-6-14(7-5-12)19-11(2)17-15(18-19)13-8-9-16-10-13/h4-7,13,16H,2-3,8-10H2,1H3,(H,17,18). The van der Waals surface area contributed by atoms with E-state index < -0.39 is 0 Å². The predicted molar refractivity (Wildman–Crippen MR) is 79.0 cm³/mol. The first-order valence-electron chi connectivity index (χ1n) is 6.92. The summed E-state index contributed by atoms with van der Waals surface area (Å²) in [4.78, 5) is 4.57. The zero-order valence-corrected chi connectivity index (χ0v) is 11.3. The molecular weight excluding hydrogens is 236 g/mol. The molecule has 4 heteroatoms. The van der Waals surface area contributed by atoms with Crippen molar-refractivity contribution in [2.24, 2.45) is 10.9 Å². The topological polar surface area (TPSA) is 39.7 Å². The fourth-order valence-corrected chi connectivity index (χ4v) is 2.56. The van der Waals surface area contributed by atoms with E-state index in [9.17, 15) is 0 Å². The summed E-state index contributed by atoms with van der Waals surface area (Å²) in [6, 6.07) is 8.53. The van der Waals surface area contributed by atoms with Gasteiger partial charge in [0.1, 0.15) is 11.7 Å². The van der Waals surface area contributed by atoms with Crippen molar-refractivity contribution in [3.8, 4) is 0 Å². The quantitative estimate of drug-likeness (QED) is 0.869. The number of hydrogen-bond acceptors (Lipinski definition) is 4. The molecule has 1 fully saturated rings. The molecule has 0 aliphatic carbocycles. The van der Waals surface area contributed by atoms with Crippen LogP contribution in [0.15, 0.2) is 41.7 Å². The van der Waals surface area contributed by atoms with Crippen LogP contribution >= 0.6 is 0 Å². The van der Waals surface area contributed by atoms with E-state index in [0.29, 0.717) is 5.92 Å². The third kappa shape index (κ3) is 2.36. The second-order valence-corrected chi connectivity index (χ2v) is 5.07. The normalized spacial score (nSPS) is 22.6. The highest BCUT2D eigenvalue weighted by molar-refractivity contribution is 5.90. The van der Waals surface area contributed by atoms with Crippen LogP contribution in [0.5, 0.6) is 0 Å². The van der Waals surface area contributed by atoms with E-state index in [1.54, 1.807) is 0 Å². The molecule has 0 bridgehead atoms. The lowest BCUT2D eigenvalue weighted by molar-refractivity contribution is 0.739. The third-order valence-corrected chi connectivity index (χ3v) is 3.78. The molecule has 100 valence electrons. The van der Waals surface area contributed by atoms with Crippen molar-refractivity contribution < 1.29 is 0 Å². The Balaban J connectivity index is 1.74. The molecule has 19 heavy (non-hydrogen) atoms. The summed E-state index contributed by atoms with van der Waals surface area (Å²) < 4.78 is 0. The smallest absolute Gasteiger partial charge is 0.146 e. The van der Waals surface area contributed by atoms with Gasteiger partial charge in [0.2, 0.25) is 0 Å². The molecular formula is C15H20N4. The number of hydrazine groups is 1. The van der Waals surface area contributed by atoms with Gasteiger partial charge >= 0.3 is 0 Å². The van der Waals surface area contributed by atoms with E-state index >= 15 is 0 Å². The molecule has 1 saturated heterocycles. The van der Waals surface area contributed by atoms with Crippen molar-refractivity contribution in [3.63, 3.8) is 0 Å². The molecule has 0 aromatic heterocycles. The fraction of sp³-hybridized carbons (Fsp3) is 0.400. The van der Waals surface area contributed by atoms with Crippen LogP contribution < -0.4 is 15.8 Å². The Kier molecular flexibility index (Phi) is 3.25. The first kappa shape index (κ1) is 12.2. The molecule has 1 unspecified atom stereocenters. The average molecular weight is 256 g/mol. The van der Waals surface area contributed by atoms with Crippen LogP contribution in [0.3, 0.4) is 0 Å². The summed E-state index contributed by atoms with van der Waals surface area (Å²) in [5.74, 6) is 2.29. The SMILES string of the molecule is C=C1N=C(C2CCNC2)NN1c1ccc(CC)cc1. The molecule has 0 radical (unpaired) electrons. The Morgan fingerprint density at radius 2 is 2.16 bits per heavy atom. The number of benzene rings is 1. The number of anilines is 1. The van der Waals surface area contributed by atoms with Crippen LogP contribution in [0, 0.1) is 5.92 Å². The van der Waals surface area contributed by atoms with Gasteiger partial charge in [0, 0.05) is 12.5 Å². The van der Waals surface area contributed by atoms with Crippen LogP contribution in [-0.2, 0) is 6.42 Å². The number of amidine groups is 1. The number of rotatable bonds is 3. The van der Waals surface area contributed by atoms with Gasteiger partial charge in [0.15, 0.2) is 0 Å². The molecule has 0 amide bonds. The van der Waals surface area contributed by atoms with Gasteiger partial charge in [0.05, 0.1) is 5.69 Å². The number of nitrogens with zero attached hydrogens (tertiary/aromatic N) is 2. The lowest BCUT2D eigenvalue weighted by Crippen LogP contribution is -2.38. The highest BCUT2D eigenvalue weighted by Crippen LogP contribution is 2.24. The molecule has 2 N–H and O–H groups in total. The van der Waals surface area contributed by atoms with Gasteiger partial charge in [-0.05, 0) is 37.1 Å². The van der Waals surface area contributed by atoms with Crippen LogP contribution in [0.25, 0.3) is 0 Å². The summed E-state index contributed by atoms with van der Waals surface area (Å²) in [6.07, 6.45) is 2.20. The van der Waals surface area contributed by atoms with Gasteiger partial charge in [-0.2, -0.15) is 0 Å². The maximum atomic E-state index is 4.57. The molecule has 2 aliphatic rings. The Labute approximate surface area is 114 Å². The van der Waals surface area contributed by atoms with Crippen molar-refractivity contribution in [1.29, 1.82) is 0 Å². The fourth-order valence-electron chi connectivity index (χ4n) is 2.56. The minimum atomic E-state index is 0.483. The highest BCUT2D eigenvalue weighted by Gasteiger charge is 2.27. The molecule has 1 aromatic rings. The predicted octanol–water partition coefficient (Wildman–Crippen LogP) is 2.05. The Morgan fingerprint density at radius 1 is 1.37 bits per heavy atom. The Bertz CT molecular complexity index is 497. The second-order valence-electron chi connectivity index (χ2n) is 5.07. The van der Waals surface area contributed by atoms with Crippen molar-refractivity contribution in [3.05, 3.63) is 42.2 Å². The summed E-state index contributed by atoms with van der Waals surface area (Å²) in [5.41, 5.74) is 5.81. The van der Waals surface area contributed by atoms with Gasteiger partial charge in [-0.25, -0.2) is 10.0 Å². The summed E-state index contributed by atoms with van der Waals surface area (Å²) in [6.45, 7) is 8.27. The van der Waals surface area contributed by atoms with Crippen LogP contribution in [0.2, 0.25) is 0 Å². The molecule has 2 heterocycles. The minimum Gasteiger partial charge on any atom is -0.316 e. The maximum Gasteiger partial charge on any atom is 0.146 e. The second kappa shape index (κ2) is 5.05. The Hall–Kier alpha value is -1.81. The first-order chi connectivity index (χ1) is 9.28. The number of nitrogens with one attached hydrogen (secondary N) is 2. The van der Waals surface area contributed by atoms with Gasteiger partial charge in [-0.1, -0.05) is 25.6 Å². The van der Waals surface area contributed by atoms with Crippen LogP contribution in [0.1, 0.15) is 18.9 Å². The van der Waals surface area contributed by atoms with Crippen molar-refractivity contribution >= 4 is 11.5 Å². The highest BCUT2D eigenvalue weighted by atomic mass is 15.6. The van der Waals surface area contributed by atoms with Crippen molar-refractivity contribution in [2.75, 3.05) is 18.1 Å². The van der Waals surface area contributed by atoms with E-state index in [1.807, 2.05) is 5.01 Å². The zero-order chi connectivity index (χ0) is 13.2. The van der Waals surface area contributed by atoms with E-state index in [0.717, 1.165) is 43.3 Å². The van der Waals surface area contributed by atoms with Gasteiger partial charge < -0.3 is 5.32 Å². The monoisotopic (exact) mass is 256 g/mol. The van der Waals surface area contributed by atoms with E-state index in [1.165, 1.54) is 5.56 Å². The lowest BCUT2D eigenvalue weighted by atomic mass is 10.1.